The molecule has 4 rings (SSSR count). The zero-order valence-electron chi connectivity index (χ0n) is 18.9. The molecule has 164 valence electrons. The highest BCUT2D eigenvalue weighted by atomic mass is 35.5. The van der Waals surface area contributed by atoms with Crippen LogP contribution in [0.1, 0.15) is 21.6 Å². The summed E-state index contributed by atoms with van der Waals surface area (Å²) >= 11 is 6.11. The largest absolute Gasteiger partial charge is 0.382 e. The number of hydrogen-bond donors (Lipinski definition) is 3. The number of benzene rings is 2. The molecule has 0 aliphatic rings. The Balaban J connectivity index is 1.70. The van der Waals surface area contributed by atoms with Gasteiger partial charge in [0.05, 0.1) is 6.20 Å². The molecule has 32 heavy (non-hydrogen) atoms. The zero-order valence-corrected chi connectivity index (χ0v) is 16.7. The van der Waals surface area contributed by atoms with Crippen molar-refractivity contribution in [3.05, 3.63) is 76.6 Å². The molecule has 1 atom stereocenters. The van der Waals surface area contributed by atoms with Gasteiger partial charge in [-0.25, -0.2) is 23.1 Å². The Kier molecular flexibility index (Phi) is 4.57. The molecule has 4 aromatic rings. The second-order valence-electron chi connectivity index (χ2n) is 6.72. The highest BCUT2D eigenvalue weighted by Crippen LogP contribution is 2.33. The fraction of sp³-hybridized carbons (Fsp3) is 0.0952. The van der Waals surface area contributed by atoms with Crippen molar-refractivity contribution in [2.24, 2.45) is 0 Å². The van der Waals surface area contributed by atoms with Crippen LogP contribution in [0.5, 0.6) is 0 Å². The lowest BCUT2D eigenvalue weighted by Crippen LogP contribution is -2.21. The molecule has 0 aliphatic carbocycles. The molecule has 0 bridgehead atoms. The predicted octanol–water partition coefficient (Wildman–Crippen LogP) is 4.03. The van der Waals surface area contributed by atoms with Crippen LogP contribution in [0, 0.1) is 24.3 Å². The minimum atomic E-state index is -2.71. The van der Waals surface area contributed by atoms with Crippen molar-refractivity contribution >= 4 is 34.5 Å². The quantitative estimate of drug-likeness (QED) is 0.423. The first-order valence-corrected chi connectivity index (χ1v) is 9.32. The van der Waals surface area contributed by atoms with Crippen molar-refractivity contribution in [1.82, 2.24) is 14.4 Å². The minimum Gasteiger partial charge on any atom is -0.382 e. The van der Waals surface area contributed by atoms with E-state index < -0.39 is 42.1 Å². The number of nitrogens with zero attached hydrogens (tertiary/aromatic N) is 3. The molecule has 2 aromatic carbocycles. The van der Waals surface area contributed by atoms with Gasteiger partial charge in [0.1, 0.15) is 45.5 Å². The molecule has 11 heteroatoms. The Labute approximate surface area is 188 Å². The molecule has 0 unspecified atom stereocenters. The van der Waals surface area contributed by atoms with Crippen LogP contribution in [-0.4, -0.2) is 25.4 Å². The van der Waals surface area contributed by atoms with Gasteiger partial charge in [0.15, 0.2) is 6.10 Å². The van der Waals surface area contributed by atoms with Gasteiger partial charge in [-0.1, -0.05) is 11.6 Å². The fourth-order valence-corrected chi connectivity index (χ4v) is 3.39. The van der Waals surface area contributed by atoms with Crippen molar-refractivity contribution in [3.63, 3.8) is 0 Å². The molecule has 0 saturated carbocycles. The Morgan fingerprint density at radius 2 is 1.97 bits per heavy atom. The number of carbonyl (C=O) groups is 1. The van der Waals surface area contributed by atoms with Crippen molar-refractivity contribution in [1.29, 1.82) is 0 Å². The number of rotatable bonds is 4. The monoisotopic (exact) mass is 464 g/mol. The number of nitrogens with two attached hydrogens (primary N) is 1. The number of halogens is 4. The number of nitrogen functional groups attached to an aromatic ring is 1. The van der Waals surface area contributed by atoms with Gasteiger partial charge in [0, 0.05) is 21.4 Å². The number of imidazole rings is 1. The number of anilines is 2. The first-order valence-electron chi connectivity index (χ1n) is 10.4. The van der Waals surface area contributed by atoms with Gasteiger partial charge < -0.3 is 16.2 Å². The molecule has 2 heterocycles. The minimum absolute atomic E-state index is 0.0251. The van der Waals surface area contributed by atoms with Gasteiger partial charge in [-0.3, -0.25) is 9.20 Å². The second-order valence-corrected chi connectivity index (χ2v) is 7.11. The number of aryl methyl sites for hydroxylation is 1. The van der Waals surface area contributed by atoms with E-state index in [2.05, 4.69) is 15.3 Å². The highest BCUT2D eigenvalue weighted by molar-refractivity contribution is 6.29. The molecule has 0 saturated heterocycles. The van der Waals surface area contributed by atoms with E-state index in [0.29, 0.717) is 6.07 Å². The average Bonchev–Trinajstić information content (AvgIpc) is 3.17. The van der Waals surface area contributed by atoms with Crippen LogP contribution in [0.2, 0.25) is 5.15 Å². The molecule has 0 aliphatic heterocycles. The lowest BCUT2D eigenvalue weighted by molar-refractivity contribution is -0.124. The maximum Gasteiger partial charge on any atom is 0.257 e. The number of aromatic nitrogens is 3. The molecular weight excluding hydrogens is 447 g/mol. The Bertz CT molecular complexity index is 1460. The van der Waals surface area contributed by atoms with E-state index in [1.165, 1.54) is 12.1 Å². The Hall–Kier alpha value is -3.63. The summed E-state index contributed by atoms with van der Waals surface area (Å²) in [5, 5.41) is 12.2. The zero-order chi connectivity index (χ0) is 25.7. The van der Waals surface area contributed by atoms with E-state index in [-0.39, 0.29) is 39.0 Å². The maximum atomic E-state index is 15.1. The number of hydrogen-bond acceptors (Lipinski definition) is 5. The molecule has 0 fully saturated rings. The third-order valence-corrected chi connectivity index (χ3v) is 4.85. The topological polar surface area (TPSA) is 106 Å². The van der Waals surface area contributed by atoms with Gasteiger partial charge in [0.25, 0.3) is 5.91 Å². The molecule has 1 amide bonds. The van der Waals surface area contributed by atoms with Crippen LogP contribution in [-0.2, 0) is 4.79 Å². The number of nitrogens with one attached hydrogen (secondary N) is 1. The van der Waals surface area contributed by atoms with Gasteiger partial charge in [-0.15, -0.1) is 0 Å². The van der Waals surface area contributed by atoms with E-state index in [0.717, 1.165) is 28.8 Å². The van der Waals surface area contributed by atoms with E-state index in [4.69, 9.17) is 21.4 Å². The van der Waals surface area contributed by atoms with Gasteiger partial charge in [-0.2, -0.15) is 0 Å². The Morgan fingerprint density at radius 1 is 1.25 bits per heavy atom. The summed E-state index contributed by atoms with van der Waals surface area (Å²) in [5.74, 6) is -4.57. The van der Waals surface area contributed by atoms with Crippen LogP contribution in [0.3, 0.4) is 0 Å². The molecule has 7 nitrogen and oxygen atoms in total. The van der Waals surface area contributed by atoms with Gasteiger partial charge >= 0.3 is 0 Å². The smallest absolute Gasteiger partial charge is 0.257 e. The SMILES string of the molecule is [2H]C([2H])([2H])c1nc(-c2ccc(NC(=O)[C@H](O)c3cc(F)cc(F)c3)cc2F)c2c(N)ncc(Cl)n12. The number of amides is 1. The van der Waals surface area contributed by atoms with Crippen LogP contribution in [0.25, 0.3) is 16.8 Å². The lowest BCUT2D eigenvalue weighted by atomic mass is 10.1. The summed E-state index contributed by atoms with van der Waals surface area (Å²) in [6.45, 7) is -2.71. The summed E-state index contributed by atoms with van der Waals surface area (Å²) in [5.41, 5.74) is 5.13. The fourth-order valence-electron chi connectivity index (χ4n) is 3.17. The number of carbonyl (C=O) groups excluding carboxylic acids is 1. The van der Waals surface area contributed by atoms with Crippen LogP contribution in [0.15, 0.2) is 42.6 Å². The van der Waals surface area contributed by atoms with Crippen molar-refractivity contribution in [3.8, 4) is 11.3 Å². The average molecular weight is 465 g/mol. The summed E-state index contributed by atoms with van der Waals surface area (Å²) in [6, 6.07) is 5.49. The van der Waals surface area contributed by atoms with E-state index in [9.17, 15) is 18.7 Å². The first-order chi connectivity index (χ1) is 16.4. The molecular formula is C21H15ClF3N5O2. The summed E-state index contributed by atoms with van der Waals surface area (Å²) in [7, 11) is 0. The third kappa shape index (κ3) is 3.85. The maximum absolute atomic E-state index is 15.1. The van der Waals surface area contributed by atoms with E-state index >= 15 is 4.39 Å². The van der Waals surface area contributed by atoms with Crippen LogP contribution >= 0.6 is 11.6 Å². The number of aliphatic hydroxyl groups is 1. The molecule has 2 aromatic heterocycles. The van der Waals surface area contributed by atoms with Gasteiger partial charge in [0.2, 0.25) is 0 Å². The molecule has 0 spiro atoms. The van der Waals surface area contributed by atoms with E-state index in [1.54, 1.807) is 0 Å². The predicted molar refractivity (Wildman–Crippen MR) is 112 cm³/mol. The van der Waals surface area contributed by atoms with Crippen molar-refractivity contribution in [2.45, 2.75) is 13.0 Å². The molecule has 4 N–H and O–H groups in total. The van der Waals surface area contributed by atoms with Gasteiger partial charge in [-0.05, 0) is 42.7 Å². The third-order valence-electron chi connectivity index (χ3n) is 4.58. The van der Waals surface area contributed by atoms with Crippen LogP contribution < -0.4 is 11.1 Å². The summed E-state index contributed by atoms with van der Waals surface area (Å²) in [4.78, 5) is 20.2. The summed E-state index contributed by atoms with van der Waals surface area (Å²) in [6.07, 6.45) is -0.801. The van der Waals surface area contributed by atoms with Crippen LogP contribution in [0.4, 0.5) is 24.7 Å². The molecule has 0 radical (unpaired) electrons. The second kappa shape index (κ2) is 8.13. The van der Waals surface area contributed by atoms with E-state index in [1.807, 2.05) is 0 Å². The lowest BCUT2D eigenvalue weighted by Gasteiger charge is -2.13. The first kappa shape index (κ1) is 18.0. The summed E-state index contributed by atoms with van der Waals surface area (Å²) < 4.78 is 66.1. The van der Waals surface area contributed by atoms with Crippen molar-refractivity contribution < 1.29 is 27.2 Å². The number of fused-ring (bicyclic) bond motifs is 1. The van der Waals surface area contributed by atoms with Crippen molar-refractivity contribution in [2.75, 3.05) is 11.1 Å². The standard InChI is InChI=1S/C21H15ClF3N5O2/c1-9-28-17(18-20(26)27-8-16(22)30(9)18)14-3-2-13(7-15(14)25)29-21(32)19(31)10-4-11(23)6-12(24)5-10/h2-8,19,31H,1H3,(H2,26,27)(H,29,32)/t19-/m1/s1/i1D3. The highest BCUT2D eigenvalue weighted by Gasteiger charge is 2.22. The Morgan fingerprint density at radius 3 is 2.62 bits per heavy atom. The normalized spacial score (nSPS) is 14.0. The number of aliphatic hydroxyl groups excluding tert-OH is 1.